The second kappa shape index (κ2) is 11.1. The molecular weight excluding hydrogens is 544 g/mol. The highest BCUT2D eigenvalue weighted by atomic mass is 16.3. The summed E-state index contributed by atoms with van der Waals surface area (Å²) in [5.41, 5.74) is 10.3. The SMILES string of the molecule is Nc1ccc(N2CCN(CC3CCC4(CCN(c5ccc6c(c5)C(O)N(C5CCC(=O)NC5=O)C6=O)CC4)C3)CC2)cc1. The topological polar surface area (TPSA) is 122 Å². The number of nitrogens with zero attached hydrogens (tertiary/aromatic N) is 4. The van der Waals surface area contributed by atoms with Crippen LogP contribution in [0.5, 0.6) is 0 Å². The largest absolute Gasteiger partial charge is 0.399 e. The first-order valence-corrected chi connectivity index (χ1v) is 15.8. The highest BCUT2D eigenvalue weighted by Gasteiger charge is 2.45. The minimum atomic E-state index is -1.19. The van der Waals surface area contributed by atoms with Gasteiger partial charge in [-0.25, -0.2) is 0 Å². The number of imide groups is 1. The van der Waals surface area contributed by atoms with Gasteiger partial charge in [0.1, 0.15) is 6.04 Å². The Bertz CT molecular complexity index is 1400. The molecule has 3 atom stereocenters. The zero-order chi connectivity index (χ0) is 29.7. The van der Waals surface area contributed by atoms with Crippen LogP contribution >= 0.6 is 0 Å². The van der Waals surface area contributed by atoms with E-state index in [4.69, 9.17) is 5.73 Å². The van der Waals surface area contributed by atoms with Crippen LogP contribution in [-0.2, 0) is 9.59 Å². The van der Waals surface area contributed by atoms with E-state index in [0.29, 0.717) is 16.5 Å². The third-order valence-electron chi connectivity index (χ3n) is 10.7. The summed E-state index contributed by atoms with van der Waals surface area (Å²) in [7, 11) is 0. The standard InChI is InChI=1S/C33H42N6O4/c34-23-1-3-24(4-2-23)38-17-15-36(16-18-38)21-22-9-10-33(20-22)11-13-37(14-12-33)25-5-6-26-27(19-25)32(43)39(31(26)42)28-7-8-29(40)35-30(28)41/h1-6,19,22,28,32,43H,7-18,20-21,34H2,(H,35,40,41). The molecule has 0 radical (unpaired) electrons. The van der Waals surface area contributed by atoms with Crippen LogP contribution in [0.25, 0.3) is 0 Å². The molecule has 1 aliphatic carbocycles. The quantitative estimate of drug-likeness (QED) is 0.361. The van der Waals surface area contributed by atoms with Crippen molar-refractivity contribution in [3.05, 3.63) is 53.6 Å². The lowest BCUT2D eigenvalue weighted by Gasteiger charge is -2.41. The highest BCUT2D eigenvalue weighted by molar-refractivity contribution is 6.05. The van der Waals surface area contributed by atoms with Gasteiger partial charge in [0.2, 0.25) is 11.8 Å². The van der Waals surface area contributed by atoms with Crippen molar-refractivity contribution in [2.75, 3.05) is 61.3 Å². The molecule has 10 heteroatoms. The Labute approximate surface area is 252 Å². The summed E-state index contributed by atoms with van der Waals surface area (Å²) >= 11 is 0. The predicted octanol–water partition coefficient (Wildman–Crippen LogP) is 2.73. The monoisotopic (exact) mass is 586 g/mol. The Morgan fingerprint density at radius 2 is 1.56 bits per heavy atom. The average molecular weight is 587 g/mol. The van der Waals surface area contributed by atoms with E-state index in [0.717, 1.165) is 69.4 Å². The number of piperazine rings is 1. The number of aliphatic hydroxyl groups is 1. The average Bonchev–Trinajstić information content (AvgIpc) is 3.51. The van der Waals surface area contributed by atoms with Crippen LogP contribution in [-0.4, -0.2) is 84.5 Å². The van der Waals surface area contributed by atoms with Gasteiger partial charge in [-0.05, 0) is 92.3 Å². The van der Waals surface area contributed by atoms with E-state index < -0.39 is 18.2 Å². The van der Waals surface area contributed by atoms with Gasteiger partial charge in [-0.2, -0.15) is 0 Å². The summed E-state index contributed by atoms with van der Waals surface area (Å²) in [6.45, 7) is 7.46. The van der Waals surface area contributed by atoms with E-state index >= 15 is 0 Å². The molecule has 3 amide bonds. The fourth-order valence-corrected chi connectivity index (χ4v) is 8.23. The van der Waals surface area contributed by atoms with Crippen LogP contribution in [0.1, 0.15) is 67.1 Å². The third kappa shape index (κ3) is 5.35. The first kappa shape index (κ1) is 28.2. The summed E-state index contributed by atoms with van der Waals surface area (Å²) in [4.78, 5) is 45.9. The lowest BCUT2D eigenvalue weighted by Crippen LogP contribution is -2.53. The Morgan fingerprint density at radius 1 is 0.860 bits per heavy atom. The van der Waals surface area contributed by atoms with Crippen molar-refractivity contribution >= 4 is 34.8 Å². The molecule has 3 saturated heterocycles. The summed E-state index contributed by atoms with van der Waals surface area (Å²) in [5.74, 6) is -0.459. The van der Waals surface area contributed by atoms with Crippen molar-refractivity contribution in [3.8, 4) is 0 Å². The highest BCUT2D eigenvalue weighted by Crippen LogP contribution is 2.50. The fraction of sp³-hybridized carbons (Fsp3) is 0.545. The van der Waals surface area contributed by atoms with Crippen molar-refractivity contribution < 1.29 is 19.5 Å². The van der Waals surface area contributed by atoms with Crippen LogP contribution in [0.4, 0.5) is 17.1 Å². The number of nitrogens with one attached hydrogen (secondary N) is 1. The second-order valence-electron chi connectivity index (χ2n) is 13.3. The number of piperidine rings is 2. The zero-order valence-corrected chi connectivity index (χ0v) is 24.7. The van der Waals surface area contributed by atoms with Gasteiger partial charge in [-0.3, -0.25) is 29.5 Å². The first-order chi connectivity index (χ1) is 20.8. The molecule has 5 aliphatic rings. The molecule has 2 aromatic carbocycles. The number of anilines is 3. The minimum absolute atomic E-state index is 0.159. The van der Waals surface area contributed by atoms with E-state index in [2.05, 4.69) is 32.1 Å². The lowest BCUT2D eigenvalue weighted by atomic mass is 9.76. The maximum atomic E-state index is 13.1. The second-order valence-corrected chi connectivity index (χ2v) is 13.3. The van der Waals surface area contributed by atoms with Crippen LogP contribution in [0.3, 0.4) is 0 Å². The van der Waals surface area contributed by atoms with Crippen molar-refractivity contribution in [3.63, 3.8) is 0 Å². The molecule has 43 heavy (non-hydrogen) atoms. The van der Waals surface area contributed by atoms with Crippen molar-refractivity contribution in [2.45, 2.75) is 57.2 Å². The van der Waals surface area contributed by atoms with Crippen molar-refractivity contribution in [2.24, 2.45) is 11.3 Å². The number of fused-ring (bicyclic) bond motifs is 1. The molecule has 3 unspecified atom stereocenters. The number of hydrogen-bond donors (Lipinski definition) is 3. The summed E-state index contributed by atoms with van der Waals surface area (Å²) in [6, 6.07) is 13.0. The normalized spacial score (nSPS) is 27.6. The predicted molar refractivity (Wildman–Crippen MR) is 164 cm³/mol. The number of carbonyl (C=O) groups is 3. The van der Waals surface area contributed by atoms with Gasteiger partial charge >= 0.3 is 0 Å². The van der Waals surface area contributed by atoms with Gasteiger partial charge in [-0.1, -0.05) is 0 Å². The van der Waals surface area contributed by atoms with Gasteiger partial charge in [0, 0.05) is 80.4 Å². The maximum Gasteiger partial charge on any atom is 0.257 e. The molecule has 228 valence electrons. The van der Waals surface area contributed by atoms with Crippen LogP contribution in [0, 0.1) is 11.3 Å². The van der Waals surface area contributed by atoms with Gasteiger partial charge in [0.05, 0.1) is 0 Å². The number of hydrogen-bond acceptors (Lipinski definition) is 8. The number of nitrogen functional groups attached to an aromatic ring is 1. The zero-order valence-electron chi connectivity index (χ0n) is 24.7. The number of amides is 3. The van der Waals surface area contributed by atoms with E-state index in [1.807, 2.05) is 24.3 Å². The van der Waals surface area contributed by atoms with Crippen LogP contribution in [0.2, 0.25) is 0 Å². The van der Waals surface area contributed by atoms with Crippen molar-refractivity contribution in [1.82, 2.24) is 15.1 Å². The summed E-state index contributed by atoms with van der Waals surface area (Å²) in [6.07, 6.45) is 5.43. The van der Waals surface area contributed by atoms with Gasteiger partial charge in [0.25, 0.3) is 5.91 Å². The number of benzene rings is 2. The molecule has 2 aromatic rings. The number of aliphatic hydroxyl groups excluding tert-OH is 1. The third-order valence-corrected chi connectivity index (χ3v) is 10.7. The van der Waals surface area contributed by atoms with Crippen LogP contribution in [0.15, 0.2) is 42.5 Å². The molecule has 10 nitrogen and oxygen atoms in total. The summed E-state index contributed by atoms with van der Waals surface area (Å²) < 4.78 is 0. The number of nitrogens with two attached hydrogens (primary N) is 1. The first-order valence-electron chi connectivity index (χ1n) is 15.8. The molecule has 0 aromatic heterocycles. The van der Waals surface area contributed by atoms with Gasteiger partial charge in [-0.15, -0.1) is 0 Å². The number of rotatable bonds is 5. The number of carbonyl (C=O) groups excluding carboxylic acids is 3. The molecule has 4 aliphatic heterocycles. The van der Waals surface area contributed by atoms with Gasteiger partial charge < -0.3 is 20.6 Å². The smallest absolute Gasteiger partial charge is 0.257 e. The Morgan fingerprint density at radius 3 is 2.28 bits per heavy atom. The minimum Gasteiger partial charge on any atom is -0.399 e. The maximum absolute atomic E-state index is 13.1. The molecule has 0 bridgehead atoms. The summed E-state index contributed by atoms with van der Waals surface area (Å²) in [5, 5.41) is 13.4. The fourth-order valence-electron chi connectivity index (χ4n) is 8.23. The van der Waals surface area contributed by atoms with E-state index in [-0.39, 0.29) is 24.7 Å². The van der Waals surface area contributed by atoms with E-state index in [1.165, 1.54) is 36.4 Å². The Balaban J connectivity index is 0.922. The van der Waals surface area contributed by atoms with Crippen LogP contribution < -0.4 is 20.9 Å². The van der Waals surface area contributed by atoms with E-state index in [1.54, 1.807) is 6.07 Å². The Hall–Kier alpha value is -3.63. The molecule has 1 spiro atoms. The lowest BCUT2D eigenvalue weighted by molar-refractivity contribution is -0.139. The van der Waals surface area contributed by atoms with E-state index in [9.17, 15) is 19.5 Å². The molecular formula is C33H42N6O4. The molecule has 7 rings (SSSR count). The molecule has 1 saturated carbocycles. The van der Waals surface area contributed by atoms with Gasteiger partial charge in [0.15, 0.2) is 6.23 Å². The van der Waals surface area contributed by atoms with Crippen molar-refractivity contribution in [1.29, 1.82) is 0 Å². The molecule has 4 fully saturated rings. The Kier molecular flexibility index (Phi) is 7.29. The molecule has 4 heterocycles. The molecule has 4 N–H and O–H groups in total.